The molecule has 0 atom stereocenters. The van der Waals surface area contributed by atoms with Gasteiger partial charge in [-0.05, 0) is 34.6 Å². The van der Waals surface area contributed by atoms with Crippen molar-refractivity contribution in [3.8, 4) is 0 Å². The second-order valence-electron chi connectivity index (χ2n) is 6.08. The van der Waals surface area contributed by atoms with Gasteiger partial charge in [0.15, 0.2) is 0 Å². The quantitative estimate of drug-likeness (QED) is 0.772. The van der Waals surface area contributed by atoms with Crippen molar-refractivity contribution in [1.29, 1.82) is 0 Å². The van der Waals surface area contributed by atoms with E-state index in [2.05, 4.69) is 0 Å². The summed E-state index contributed by atoms with van der Waals surface area (Å²) in [6, 6.07) is -0.00114. The van der Waals surface area contributed by atoms with Crippen LogP contribution in [-0.2, 0) is 9.47 Å². The van der Waals surface area contributed by atoms with E-state index in [1.165, 1.54) is 4.90 Å². The maximum atomic E-state index is 11.7. The number of likely N-dealkylation sites (tertiary alicyclic amines) is 1. The van der Waals surface area contributed by atoms with Crippen molar-refractivity contribution in [2.75, 3.05) is 20.1 Å². The van der Waals surface area contributed by atoms with Crippen LogP contribution in [0.4, 0.5) is 9.59 Å². The number of likely N-dealkylation sites (N-methyl/N-ethyl adjacent to an activating group) is 1. The molecule has 0 spiro atoms. The summed E-state index contributed by atoms with van der Waals surface area (Å²) in [7, 11) is 1.68. The van der Waals surface area contributed by atoms with Gasteiger partial charge in [-0.2, -0.15) is 0 Å². The van der Waals surface area contributed by atoms with Crippen LogP contribution in [0.5, 0.6) is 0 Å². The van der Waals surface area contributed by atoms with E-state index >= 15 is 0 Å². The molecule has 2 amide bonds. The normalized spacial score (nSPS) is 16.1. The zero-order valence-corrected chi connectivity index (χ0v) is 12.6. The fraction of sp³-hybridized carbons (Fsp3) is 0.846. The van der Waals surface area contributed by atoms with Crippen LogP contribution in [0.1, 0.15) is 34.6 Å². The lowest BCUT2D eigenvalue weighted by molar-refractivity contribution is -0.0138. The van der Waals surface area contributed by atoms with Crippen LogP contribution in [0, 0.1) is 0 Å². The number of carbonyl (C=O) groups is 2. The zero-order chi connectivity index (χ0) is 14.8. The molecule has 1 aliphatic rings. The van der Waals surface area contributed by atoms with E-state index < -0.39 is 5.60 Å². The van der Waals surface area contributed by atoms with E-state index in [1.807, 2.05) is 20.8 Å². The number of carbonyl (C=O) groups excluding carboxylic acids is 2. The van der Waals surface area contributed by atoms with Crippen LogP contribution < -0.4 is 0 Å². The molecule has 0 aliphatic carbocycles. The Kier molecular flexibility index (Phi) is 4.66. The Labute approximate surface area is 114 Å². The number of hydrogen-bond donors (Lipinski definition) is 0. The predicted octanol–water partition coefficient (Wildman–Crippen LogP) is 2.08. The van der Waals surface area contributed by atoms with Gasteiger partial charge in [-0.25, -0.2) is 9.59 Å². The molecule has 6 heteroatoms. The maximum absolute atomic E-state index is 11.7. The number of hydrogen-bond acceptors (Lipinski definition) is 4. The van der Waals surface area contributed by atoms with Gasteiger partial charge in [-0.1, -0.05) is 0 Å². The molecule has 1 rings (SSSR count). The van der Waals surface area contributed by atoms with Crippen LogP contribution >= 0.6 is 0 Å². The van der Waals surface area contributed by atoms with Crippen molar-refractivity contribution < 1.29 is 19.1 Å². The minimum atomic E-state index is -0.495. The number of nitrogens with zero attached hydrogens (tertiary/aromatic N) is 2. The summed E-state index contributed by atoms with van der Waals surface area (Å²) in [6.45, 7) is 10.1. The molecule has 0 unspecified atom stereocenters. The van der Waals surface area contributed by atoms with Gasteiger partial charge in [-0.15, -0.1) is 0 Å². The third-order valence-corrected chi connectivity index (χ3v) is 2.69. The fourth-order valence-electron chi connectivity index (χ4n) is 1.61. The van der Waals surface area contributed by atoms with E-state index in [0.29, 0.717) is 13.1 Å². The average molecular weight is 272 g/mol. The number of rotatable bonds is 2. The van der Waals surface area contributed by atoms with Crippen LogP contribution in [0.25, 0.3) is 0 Å². The molecule has 6 nitrogen and oxygen atoms in total. The highest BCUT2D eigenvalue weighted by Crippen LogP contribution is 2.18. The molecule has 0 aromatic carbocycles. The summed E-state index contributed by atoms with van der Waals surface area (Å²) in [5.74, 6) is 0. The van der Waals surface area contributed by atoms with Gasteiger partial charge in [-0.3, -0.25) is 0 Å². The molecule has 110 valence electrons. The summed E-state index contributed by atoms with van der Waals surface area (Å²) in [5, 5.41) is 0. The monoisotopic (exact) mass is 272 g/mol. The van der Waals surface area contributed by atoms with E-state index in [9.17, 15) is 9.59 Å². The molecule has 0 bridgehead atoms. The summed E-state index contributed by atoms with van der Waals surface area (Å²) in [5.41, 5.74) is -0.495. The lowest BCUT2D eigenvalue weighted by Gasteiger charge is -2.43. The van der Waals surface area contributed by atoms with Crippen LogP contribution in [0.2, 0.25) is 0 Å². The minimum Gasteiger partial charge on any atom is -0.447 e. The average Bonchev–Trinajstić information content (AvgIpc) is 2.10. The Hall–Kier alpha value is -1.46. The molecule has 0 saturated carbocycles. The molecular weight excluding hydrogens is 248 g/mol. The van der Waals surface area contributed by atoms with Crippen molar-refractivity contribution >= 4 is 12.2 Å². The molecule has 0 N–H and O–H groups in total. The summed E-state index contributed by atoms with van der Waals surface area (Å²) < 4.78 is 10.3. The Morgan fingerprint density at radius 3 is 2.21 bits per heavy atom. The SMILES string of the molecule is CC(C)OC(=O)N(C)C1CN(C(=O)OC(C)(C)C)C1. The summed E-state index contributed by atoms with van der Waals surface area (Å²) in [6.07, 6.45) is -0.838. The second kappa shape index (κ2) is 5.67. The first-order chi connectivity index (χ1) is 8.60. The molecule has 1 fully saturated rings. The first-order valence-corrected chi connectivity index (χ1v) is 6.51. The van der Waals surface area contributed by atoms with Crippen molar-refractivity contribution in [1.82, 2.24) is 9.80 Å². The second-order valence-corrected chi connectivity index (χ2v) is 6.08. The van der Waals surface area contributed by atoms with E-state index in [1.54, 1.807) is 25.8 Å². The maximum Gasteiger partial charge on any atom is 0.410 e. The number of ether oxygens (including phenoxy) is 2. The van der Waals surface area contributed by atoms with E-state index in [4.69, 9.17) is 9.47 Å². The Balaban J connectivity index is 2.37. The smallest absolute Gasteiger partial charge is 0.410 e. The van der Waals surface area contributed by atoms with Gasteiger partial charge in [0.05, 0.1) is 12.1 Å². The van der Waals surface area contributed by atoms with Gasteiger partial charge in [0.25, 0.3) is 0 Å². The molecule has 1 heterocycles. The highest BCUT2D eigenvalue weighted by atomic mass is 16.6. The molecule has 19 heavy (non-hydrogen) atoms. The molecule has 1 saturated heterocycles. The van der Waals surface area contributed by atoms with E-state index in [-0.39, 0.29) is 24.3 Å². The van der Waals surface area contributed by atoms with Crippen LogP contribution in [0.15, 0.2) is 0 Å². The third-order valence-electron chi connectivity index (χ3n) is 2.69. The molecule has 1 aliphatic heterocycles. The topological polar surface area (TPSA) is 59.1 Å². The molecular formula is C13H24N2O4. The minimum absolute atomic E-state index is 0.00114. The van der Waals surface area contributed by atoms with E-state index in [0.717, 1.165) is 0 Å². The van der Waals surface area contributed by atoms with Crippen molar-refractivity contribution in [3.05, 3.63) is 0 Å². The largest absolute Gasteiger partial charge is 0.447 e. The molecule has 0 aromatic rings. The van der Waals surface area contributed by atoms with Crippen molar-refractivity contribution in [3.63, 3.8) is 0 Å². The predicted molar refractivity (Wildman–Crippen MR) is 71.0 cm³/mol. The lowest BCUT2D eigenvalue weighted by Crippen LogP contribution is -2.62. The summed E-state index contributed by atoms with van der Waals surface area (Å²) >= 11 is 0. The van der Waals surface area contributed by atoms with Gasteiger partial charge in [0, 0.05) is 20.1 Å². The first-order valence-electron chi connectivity index (χ1n) is 6.51. The first kappa shape index (κ1) is 15.6. The van der Waals surface area contributed by atoms with Gasteiger partial charge < -0.3 is 19.3 Å². The van der Waals surface area contributed by atoms with Gasteiger partial charge in [0.1, 0.15) is 5.60 Å². The molecule has 0 aromatic heterocycles. The third kappa shape index (κ3) is 4.61. The Morgan fingerprint density at radius 2 is 1.79 bits per heavy atom. The lowest BCUT2D eigenvalue weighted by atomic mass is 10.1. The Bertz CT molecular complexity index is 343. The fourth-order valence-corrected chi connectivity index (χ4v) is 1.61. The van der Waals surface area contributed by atoms with Crippen molar-refractivity contribution in [2.24, 2.45) is 0 Å². The standard InChI is InChI=1S/C13H24N2O4/c1-9(2)18-11(16)14(6)10-7-15(8-10)12(17)19-13(3,4)5/h9-10H,7-8H2,1-6H3. The Morgan fingerprint density at radius 1 is 1.26 bits per heavy atom. The number of amides is 2. The van der Waals surface area contributed by atoms with Crippen LogP contribution in [0.3, 0.4) is 0 Å². The van der Waals surface area contributed by atoms with Gasteiger partial charge >= 0.3 is 12.2 Å². The molecule has 0 radical (unpaired) electrons. The highest BCUT2D eigenvalue weighted by molar-refractivity contribution is 5.71. The van der Waals surface area contributed by atoms with Gasteiger partial charge in [0.2, 0.25) is 0 Å². The van der Waals surface area contributed by atoms with Crippen molar-refractivity contribution in [2.45, 2.75) is 52.4 Å². The van der Waals surface area contributed by atoms with Crippen LogP contribution in [-0.4, -0.2) is 59.9 Å². The summed E-state index contributed by atoms with van der Waals surface area (Å²) in [4.78, 5) is 26.5. The highest BCUT2D eigenvalue weighted by Gasteiger charge is 2.38. The zero-order valence-electron chi connectivity index (χ0n) is 12.6.